The third-order valence-corrected chi connectivity index (χ3v) is 4.48. The first kappa shape index (κ1) is 15.4. The fourth-order valence-electron chi connectivity index (χ4n) is 1.89. The van der Waals surface area contributed by atoms with Gasteiger partial charge in [-0.05, 0) is 12.1 Å². The maximum atomic E-state index is 12.2. The number of anilines is 1. The third kappa shape index (κ3) is 3.45. The smallest absolute Gasteiger partial charge is 0.286 e. The summed E-state index contributed by atoms with van der Waals surface area (Å²) in [6.45, 7) is 6.12. The fraction of sp³-hybridized carbons (Fsp3) is 0.250. The van der Waals surface area contributed by atoms with Crippen molar-refractivity contribution in [3.63, 3.8) is 0 Å². The highest BCUT2D eigenvalue weighted by Crippen LogP contribution is 2.26. The monoisotopic (exact) mass is 328 g/mol. The van der Waals surface area contributed by atoms with Crippen LogP contribution in [0.3, 0.4) is 0 Å². The molecule has 0 bridgehead atoms. The van der Waals surface area contributed by atoms with Gasteiger partial charge in [0.2, 0.25) is 5.01 Å². The Balaban J connectivity index is 1.72. The molecule has 0 aliphatic carbocycles. The topological polar surface area (TPSA) is 80.9 Å². The van der Waals surface area contributed by atoms with Crippen LogP contribution in [0.5, 0.6) is 0 Å². The Morgan fingerprint density at radius 2 is 1.87 bits per heavy atom. The lowest BCUT2D eigenvalue weighted by Crippen LogP contribution is -2.11. The summed E-state index contributed by atoms with van der Waals surface area (Å²) in [5, 5.41) is 15.9. The average molecular weight is 328 g/mol. The van der Waals surface area contributed by atoms with Crippen LogP contribution < -0.4 is 5.32 Å². The molecule has 0 fully saturated rings. The second-order valence-electron chi connectivity index (χ2n) is 6.08. The molecule has 1 N–H and O–H groups in total. The van der Waals surface area contributed by atoms with E-state index in [0.717, 1.165) is 16.3 Å². The highest BCUT2D eigenvalue weighted by molar-refractivity contribution is 7.13. The predicted molar refractivity (Wildman–Crippen MR) is 88.5 cm³/mol. The predicted octanol–water partition coefficient (Wildman–Crippen LogP) is 3.74. The average Bonchev–Trinajstić information content (AvgIpc) is 3.19. The molecule has 3 aromatic rings. The number of aromatic nitrogens is 3. The molecule has 0 atom stereocenters. The molecule has 7 heteroatoms. The van der Waals surface area contributed by atoms with E-state index in [2.05, 4.69) is 20.7 Å². The van der Waals surface area contributed by atoms with Crippen molar-refractivity contribution >= 4 is 22.9 Å². The lowest BCUT2D eigenvalue weighted by molar-refractivity contribution is 0.102. The Bertz CT molecular complexity index is 801. The zero-order valence-corrected chi connectivity index (χ0v) is 13.8. The molecule has 2 heterocycles. The van der Waals surface area contributed by atoms with Crippen molar-refractivity contribution in [2.24, 2.45) is 0 Å². The first-order chi connectivity index (χ1) is 10.9. The van der Waals surface area contributed by atoms with Crippen LogP contribution in [0.4, 0.5) is 5.69 Å². The van der Waals surface area contributed by atoms with Crippen LogP contribution in [-0.2, 0) is 5.41 Å². The SMILES string of the molecule is CC(C)(C)c1nnc(C(=O)Nc2ccc(-c3ccon3)cc2)s1. The maximum absolute atomic E-state index is 12.2. The van der Waals surface area contributed by atoms with Crippen LogP contribution >= 0.6 is 11.3 Å². The van der Waals surface area contributed by atoms with Gasteiger partial charge < -0.3 is 9.84 Å². The van der Waals surface area contributed by atoms with E-state index in [4.69, 9.17) is 4.52 Å². The highest BCUT2D eigenvalue weighted by Gasteiger charge is 2.22. The minimum Gasteiger partial charge on any atom is -0.364 e. The Labute approximate surface area is 137 Å². The normalized spacial score (nSPS) is 11.4. The number of nitrogens with zero attached hydrogens (tertiary/aromatic N) is 3. The Morgan fingerprint density at radius 1 is 1.13 bits per heavy atom. The summed E-state index contributed by atoms with van der Waals surface area (Å²) < 4.78 is 4.82. The van der Waals surface area contributed by atoms with Crippen LogP contribution in [0, 0.1) is 0 Å². The van der Waals surface area contributed by atoms with Gasteiger partial charge in [-0.1, -0.05) is 49.4 Å². The van der Waals surface area contributed by atoms with Crippen molar-refractivity contribution < 1.29 is 9.32 Å². The van der Waals surface area contributed by atoms with Crippen molar-refractivity contribution in [1.29, 1.82) is 0 Å². The number of carbonyl (C=O) groups excluding carboxylic acids is 1. The second kappa shape index (κ2) is 5.92. The van der Waals surface area contributed by atoms with E-state index in [1.807, 2.05) is 45.0 Å². The molecule has 0 aliphatic rings. The zero-order valence-electron chi connectivity index (χ0n) is 13.0. The van der Waals surface area contributed by atoms with E-state index in [0.29, 0.717) is 10.7 Å². The lowest BCUT2D eigenvalue weighted by Gasteiger charge is -2.12. The largest absolute Gasteiger partial charge is 0.364 e. The van der Waals surface area contributed by atoms with E-state index < -0.39 is 0 Å². The molecular formula is C16H16N4O2S. The molecule has 0 aliphatic heterocycles. The number of nitrogens with one attached hydrogen (secondary N) is 1. The van der Waals surface area contributed by atoms with Gasteiger partial charge >= 0.3 is 0 Å². The van der Waals surface area contributed by atoms with E-state index >= 15 is 0 Å². The van der Waals surface area contributed by atoms with Gasteiger partial charge in [-0.15, -0.1) is 10.2 Å². The van der Waals surface area contributed by atoms with Crippen LogP contribution in [0.15, 0.2) is 41.1 Å². The van der Waals surface area contributed by atoms with E-state index in [-0.39, 0.29) is 11.3 Å². The number of amides is 1. The molecule has 6 nitrogen and oxygen atoms in total. The fourth-order valence-corrected chi connectivity index (χ4v) is 2.68. The van der Waals surface area contributed by atoms with Gasteiger partial charge in [-0.25, -0.2) is 0 Å². The number of carbonyl (C=O) groups is 1. The molecule has 0 saturated heterocycles. The van der Waals surface area contributed by atoms with Crippen molar-refractivity contribution in [2.75, 3.05) is 5.32 Å². The molecule has 23 heavy (non-hydrogen) atoms. The van der Waals surface area contributed by atoms with E-state index in [1.165, 1.54) is 17.6 Å². The van der Waals surface area contributed by atoms with Crippen molar-refractivity contribution in [3.05, 3.63) is 46.6 Å². The third-order valence-electron chi connectivity index (χ3n) is 3.14. The zero-order chi connectivity index (χ0) is 16.4. The molecule has 2 aromatic heterocycles. The molecule has 1 amide bonds. The van der Waals surface area contributed by atoms with E-state index in [1.54, 1.807) is 6.07 Å². The molecule has 0 radical (unpaired) electrons. The molecule has 1 aromatic carbocycles. The van der Waals surface area contributed by atoms with Crippen molar-refractivity contribution in [1.82, 2.24) is 15.4 Å². The number of hydrogen-bond acceptors (Lipinski definition) is 6. The summed E-state index contributed by atoms with van der Waals surface area (Å²) >= 11 is 1.31. The minimum absolute atomic E-state index is 0.116. The standard InChI is InChI=1S/C16H16N4O2S/c1-16(2,3)15-19-18-14(23-15)13(21)17-11-6-4-10(5-7-11)12-8-9-22-20-12/h4-9H,1-3H3,(H,17,21). The van der Waals surface area contributed by atoms with Gasteiger partial charge in [0.05, 0.1) is 0 Å². The first-order valence-electron chi connectivity index (χ1n) is 7.09. The Morgan fingerprint density at radius 3 is 2.43 bits per heavy atom. The summed E-state index contributed by atoms with van der Waals surface area (Å²) in [6.07, 6.45) is 1.52. The Hall–Kier alpha value is -2.54. The molecule has 0 unspecified atom stereocenters. The van der Waals surface area contributed by atoms with Gasteiger partial charge in [0, 0.05) is 22.7 Å². The summed E-state index contributed by atoms with van der Waals surface area (Å²) in [7, 11) is 0. The van der Waals surface area contributed by atoms with Crippen LogP contribution in [-0.4, -0.2) is 21.3 Å². The lowest BCUT2D eigenvalue weighted by atomic mass is 9.98. The van der Waals surface area contributed by atoms with Gasteiger partial charge in [-0.3, -0.25) is 4.79 Å². The molecular weight excluding hydrogens is 312 g/mol. The number of benzene rings is 1. The van der Waals surface area contributed by atoms with Gasteiger partial charge in [0.15, 0.2) is 0 Å². The second-order valence-corrected chi connectivity index (χ2v) is 7.06. The van der Waals surface area contributed by atoms with Gasteiger partial charge in [0.25, 0.3) is 5.91 Å². The van der Waals surface area contributed by atoms with Crippen molar-refractivity contribution in [3.8, 4) is 11.3 Å². The molecule has 0 spiro atoms. The maximum Gasteiger partial charge on any atom is 0.286 e. The van der Waals surface area contributed by atoms with Crippen LogP contribution in [0.1, 0.15) is 35.6 Å². The van der Waals surface area contributed by atoms with Crippen LogP contribution in [0.25, 0.3) is 11.3 Å². The number of rotatable bonds is 3. The van der Waals surface area contributed by atoms with Gasteiger partial charge in [-0.2, -0.15) is 0 Å². The molecule has 0 saturated carbocycles. The van der Waals surface area contributed by atoms with E-state index in [9.17, 15) is 4.79 Å². The summed E-state index contributed by atoms with van der Waals surface area (Å²) in [4.78, 5) is 12.2. The number of hydrogen-bond donors (Lipinski definition) is 1. The Kier molecular flexibility index (Phi) is 3.96. The molecule has 118 valence electrons. The van der Waals surface area contributed by atoms with Crippen molar-refractivity contribution in [2.45, 2.75) is 26.2 Å². The molecule has 3 rings (SSSR count). The van der Waals surface area contributed by atoms with Crippen LogP contribution in [0.2, 0.25) is 0 Å². The summed E-state index contributed by atoms with van der Waals surface area (Å²) in [5.74, 6) is -0.257. The highest BCUT2D eigenvalue weighted by atomic mass is 32.1. The van der Waals surface area contributed by atoms with Gasteiger partial charge in [0.1, 0.15) is 17.0 Å². The quantitative estimate of drug-likeness (QED) is 0.792. The summed E-state index contributed by atoms with van der Waals surface area (Å²) in [6, 6.07) is 9.15. The minimum atomic E-state index is -0.257. The summed E-state index contributed by atoms with van der Waals surface area (Å²) in [5.41, 5.74) is 2.24. The first-order valence-corrected chi connectivity index (χ1v) is 7.91.